The highest BCUT2D eigenvalue weighted by molar-refractivity contribution is 5.90. The summed E-state index contributed by atoms with van der Waals surface area (Å²) in [5, 5.41) is 4.22. The Morgan fingerprint density at radius 3 is 2.61 bits per heavy atom. The van der Waals surface area contributed by atoms with Crippen molar-refractivity contribution in [2.24, 2.45) is 0 Å². The van der Waals surface area contributed by atoms with Crippen LogP contribution in [0, 0.1) is 0 Å². The fourth-order valence-electron chi connectivity index (χ4n) is 4.45. The maximum absolute atomic E-state index is 12.8. The van der Waals surface area contributed by atoms with Crippen molar-refractivity contribution in [2.45, 2.75) is 25.3 Å². The molecule has 5 rings (SSSR count). The van der Waals surface area contributed by atoms with Crippen LogP contribution >= 0.6 is 0 Å². The number of rotatable bonds is 6. The Kier molecular flexibility index (Phi) is 5.35. The van der Waals surface area contributed by atoms with E-state index in [1.165, 1.54) is 5.69 Å². The van der Waals surface area contributed by atoms with E-state index in [1.807, 2.05) is 41.1 Å². The number of fused-ring (bicyclic) bond motifs is 1. The molecule has 1 saturated heterocycles. The molecular weight excluding hydrogens is 386 g/mol. The highest BCUT2D eigenvalue weighted by Crippen LogP contribution is 2.26. The third-order valence-electron chi connectivity index (χ3n) is 5.91. The summed E-state index contributed by atoms with van der Waals surface area (Å²) in [7, 11) is 0. The highest BCUT2D eigenvalue weighted by atomic mass is 16.1. The van der Waals surface area contributed by atoms with Crippen molar-refractivity contribution in [3.8, 4) is 5.95 Å². The molecular formula is C25H25N5O. The fourth-order valence-corrected chi connectivity index (χ4v) is 4.45. The summed E-state index contributed by atoms with van der Waals surface area (Å²) < 4.78 is 1.95. The van der Waals surface area contributed by atoms with Gasteiger partial charge in [-0.2, -0.15) is 0 Å². The summed E-state index contributed by atoms with van der Waals surface area (Å²) in [6.45, 7) is 1.70. The minimum atomic E-state index is 0.0387. The van der Waals surface area contributed by atoms with Gasteiger partial charge in [0.05, 0.1) is 11.9 Å². The number of nitrogens with zero attached hydrogens (tertiary/aromatic N) is 4. The number of hydrogen-bond donors (Lipinski definition) is 1. The number of nitrogens with one attached hydrogen (secondary N) is 1. The van der Waals surface area contributed by atoms with Gasteiger partial charge in [-0.05, 0) is 42.7 Å². The van der Waals surface area contributed by atoms with E-state index in [-0.39, 0.29) is 5.91 Å². The van der Waals surface area contributed by atoms with Gasteiger partial charge in [-0.1, -0.05) is 36.4 Å². The van der Waals surface area contributed by atoms with Gasteiger partial charge in [-0.3, -0.25) is 9.36 Å². The Morgan fingerprint density at radius 1 is 1.00 bits per heavy atom. The van der Waals surface area contributed by atoms with Gasteiger partial charge in [0.15, 0.2) is 0 Å². The zero-order valence-corrected chi connectivity index (χ0v) is 17.3. The van der Waals surface area contributed by atoms with Crippen LogP contribution in [0.3, 0.4) is 0 Å². The quantitative estimate of drug-likeness (QED) is 0.525. The number of anilines is 1. The first-order chi connectivity index (χ1) is 15.3. The summed E-state index contributed by atoms with van der Waals surface area (Å²) in [6.07, 6.45) is 8.01. The highest BCUT2D eigenvalue weighted by Gasteiger charge is 2.25. The van der Waals surface area contributed by atoms with Crippen LogP contribution in [0.1, 0.15) is 18.4 Å². The molecule has 0 spiro atoms. The maximum Gasteiger partial charge on any atom is 0.234 e. The molecule has 1 N–H and O–H groups in total. The minimum absolute atomic E-state index is 0.0387. The molecule has 2 aromatic carbocycles. The normalized spacial score (nSPS) is 16.0. The first kappa shape index (κ1) is 19.3. The third kappa shape index (κ3) is 4.01. The second-order valence-electron chi connectivity index (χ2n) is 7.90. The van der Waals surface area contributed by atoms with E-state index in [2.05, 4.69) is 44.5 Å². The summed E-state index contributed by atoms with van der Waals surface area (Å²) in [5.41, 5.74) is 3.21. The molecule has 31 heavy (non-hydrogen) atoms. The van der Waals surface area contributed by atoms with Crippen molar-refractivity contribution in [3.05, 3.63) is 84.8 Å². The first-order valence-electron chi connectivity index (χ1n) is 10.7. The molecule has 0 saturated carbocycles. The Morgan fingerprint density at radius 2 is 1.77 bits per heavy atom. The number of carbonyl (C=O) groups excluding carboxylic acids is 1. The molecule has 6 heteroatoms. The van der Waals surface area contributed by atoms with Crippen LogP contribution in [0.25, 0.3) is 16.9 Å². The summed E-state index contributed by atoms with van der Waals surface area (Å²) in [4.78, 5) is 24.0. The summed E-state index contributed by atoms with van der Waals surface area (Å²) in [6, 6.07) is 20.6. The number of hydrogen-bond acceptors (Lipinski definition) is 4. The van der Waals surface area contributed by atoms with Gasteiger partial charge in [0.25, 0.3) is 0 Å². The molecule has 3 heterocycles. The Balaban J connectivity index is 1.30. The molecule has 1 aliphatic heterocycles. The molecule has 1 atom stereocenters. The predicted molar refractivity (Wildman–Crippen MR) is 122 cm³/mol. The fraction of sp³-hybridized carbons (Fsp3) is 0.240. The molecule has 1 fully saturated rings. The Hall–Kier alpha value is -3.67. The molecule has 6 nitrogen and oxygen atoms in total. The van der Waals surface area contributed by atoms with Crippen LogP contribution in [0.2, 0.25) is 0 Å². The maximum atomic E-state index is 12.8. The average Bonchev–Trinajstić information content (AvgIpc) is 3.44. The van der Waals surface area contributed by atoms with Gasteiger partial charge < -0.3 is 10.2 Å². The smallest absolute Gasteiger partial charge is 0.234 e. The zero-order valence-electron chi connectivity index (χ0n) is 17.3. The van der Waals surface area contributed by atoms with Crippen molar-refractivity contribution in [1.82, 2.24) is 19.9 Å². The monoisotopic (exact) mass is 411 g/mol. The number of carbonyl (C=O) groups is 1. The van der Waals surface area contributed by atoms with Crippen molar-refractivity contribution in [3.63, 3.8) is 0 Å². The molecule has 0 bridgehead atoms. The van der Waals surface area contributed by atoms with Gasteiger partial charge in [-0.25, -0.2) is 9.97 Å². The number of aromatic nitrogens is 3. The molecule has 156 valence electrons. The van der Waals surface area contributed by atoms with Crippen LogP contribution in [0.15, 0.2) is 79.3 Å². The van der Waals surface area contributed by atoms with Crippen molar-refractivity contribution in [2.75, 3.05) is 18.0 Å². The predicted octanol–water partition coefficient (Wildman–Crippen LogP) is 3.75. The molecule has 4 aromatic rings. The standard InChI is InChI=1S/C25H25N5O/c31-24(28-17-21-10-6-15-29(21)20-8-2-1-3-9-20)16-19-18-30(25-26-13-7-14-27-25)23-12-5-4-11-22(19)23/h1-5,7-9,11-14,18,21H,6,10,15-17H2,(H,28,31). The van der Waals surface area contributed by atoms with E-state index in [1.54, 1.807) is 18.5 Å². The second-order valence-corrected chi connectivity index (χ2v) is 7.90. The van der Waals surface area contributed by atoms with Gasteiger partial charge in [0.1, 0.15) is 0 Å². The number of benzene rings is 2. The molecule has 0 aliphatic carbocycles. The van der Waals surface area contributed by atoms with E-state index in [0.717, 1.165) is 35.9 Å². The van der Waals surface area contributed by atoms with Crippen LogP contribution in [0.5, 0.6) is 0 Å². The summed E-state index contributed by atoms with van der Waals surface area (Å²) >= 11 is 0. The first-order valence-corrected chi connectivity index (χ1v) is 10.7. The van der Waals surface area contributed by atoms with E-state index < -0.39 is 0 Å². The number of para-hydroxylation sites is 2. The van der Waals surface area contributed by atoms with E-state index in [0.29, 0.717) is 25.0 Å². The van der Waals surface area contributed by atoms with Gasteiger partial charge in [0, 0.05) is 48.8 Å². The lowest BCUT2D eigenvalue weighted by atomic mass is 10.1. The van der Waals surface area contributed by atoms with Gasteiger partial charge >= 0.3 is 0 Å². The lowest BCUT2D eigenvalue weighted by Crippen LogP contribution is -2.40. The van der Waals surface area contributed by atoms with Crippen molar-refractivity contribution >= 4 is 22.5 Å². The molecule has 1 unspecified atom stereocenters. The van der Waals surface area contributed by atoms with Crippen LogP contribution in [-0.2, 0) is 11.2 Å². The largest absolute Gasteiger partial charge is 0.367 e. The second kappa shape index (κ2) is 8.60. The van der Waals surface area contributed by atoms with Gasteiger partial charge in [0.2, 0.25) is 11.9 Å². The van der Waals surface area contributed by atoms with Crippen molar-refractivity contribution in [1.29, 1.82) is 0 Å². The molecule has 1 amide bonds. The lowest BCUT2D eigenvalue weighted by molar-refractivity contribution is -0.120. The van der Waals surface area contributed by atoms with Crippen molar-refractivity contribution < 1.29 is 4.79 Å². The Bertz CT molecular complexity index is 1170. The minimum Gasteiger partial charge on any atom is -0.367 e. The topological polar surface area (TPSA) is 63.1 Å². The number of amides is 1. The van der Waals surface area contributed by atoms with E-state index in [4.69, 9.17) is 0 Å². The van der Waals surface area contributed by atoms with E-state index in [9.17, 15) is 4.79 Å². The average molecular weight is 412 g/mol. The molecule has 1 aliphatic rings. The SMILES string of the molecule is O=C(Cc1cn(-c2ncccn2)c2ccccc12)NCC1CCCN1c1ccccc1. The summed E-state index contributed by atoms with van der Waals surface area (Å²) in [5.74, 6) is 0.645. The van der Waals surface area contributed by atoms with Crippen LogP contribution < -0.4 is 10.2 Å². The van der Waals surface area contributed by atoms with Crippen LogP contribution in [0.4, 0.5) is 5.69 Å². The molecule has 2 aromatic heterocycles. The third-order valence-corrected chi connectivity index (χ3v) is 5.91. The lowest BCUT2D eigenvalue weighted by Gasteiger charge is -2.27. The Labute approximate surface area is 181 Å². The zero-order chi connectivity index (χ0) is 21.0. The molecule has 0 radical (unpaired) electrons. The van der Waals surface area contributed by atoms with E-state index >= 15 is 0 Å². The van der Waals surface area contributed by atoms with Gasteiger partial charge in [-0.15, -0.1) is 0 Å². The van der Waals surface area contributed by atoms with Crippen LogP contribution in [-0.4, -0.2) is 39.6 Å².